The van der Waals surface area contributed by atoms with E-state index in [1.165, 1.54) is 30.5 Å². The minimum Gasteiger partial charge on any atom is -0.280 e. The average Bonchev–Trinajstić information content (AvgIpc) is 2.69. The lowest BCUT2D eigenvalue weighted by Gasteiger charge is -2.09. The van der Waals surface area contributed by atoms with E-state index in [9.17, 15) is 18.5 Å². The molecule has 0 fully saturated rings. The molecule has 0 spiro atoms. The number of nitro benzene ring substituents is 1. The molecule has 0 saturated carbocycles. The smallest absolute Gasteiger partial charge is 0.280 e. The van der Waals surface area contributed by atoms with Crippen LogP contribution in [-0.4, -0.2) is 19.6 Å². The van der Waals surface area contributed by atoms with Crippen LogP contribution >= 0.6 is 11.6 Å². The molecule has 8 nitrogen and oxygen atoms in total. The van der Waals surface area contributed by atoms with Gasteiger partial charge in [0.25, 0.3) is 15.7 Å². The molecule has 0 aliphatic carbocycles. The number of benzene rings is 3. The monoisotopic (exact) mass is 444 g/mol. The topological polar surface area (TPSA) is 114 Å². The largest absolute Gasteiger partial charge is 0.295 e. The fourth-order valence-corrected chi connectivity index (χ4v) is 3.85. The van der Waals surface area contributed by atoms with Gasteiger partial charge in [-0.05, 0) is 48.4 Å². The highest BCUT2D eigenvalue weighted by molar-refractivity contribution is 7.92. The maximum Gasteiger partial charge on any atom is 0.295 e. The first-order valence-electron chi connectivity index (χ1n) is 8.68. The number of halogens is 1. The van der Waals surface area contributed by atoms with Gasteiger partial charge in [-0.15, -0.1) is 0 Å². The lowest BCUT2D eigenvalue weighted by molar-refractivity contribution is -0.384. The van der Waals surface area contributed by atoms with Crippen molar-refractivity contribution in [2.24, 2.45) is 5.10 Å². The predicted molar refractivity (Wildman–Crippen MR) is 118 cm³/mol. The van der Waals surface area contributed by atoms with Crippen LogP contribution < -0.4 is 10.1 Å². The first kappa shape index (κ1) is 21.3. The van der Waals surface area contributed by atoms with Crippen molar-refractivity contribution in [1.29, 1.82) is 0 Å². The van der Waals surface area contributed by atoms with Crippen molar-refractivity contribution < 1.29 is 13.3 Å². The Balaban J connectivity index is 1.86. The first-order valence-corrected chi connectivity index (χ1v) is 10.5. The molecular weight excluding hydrogens is 428 g/mol. The Morgan fingerprint density at radius 1 is 1.07 bits per heavy atom. The van der Waals surface area contributed by atoms with Gasteiger partial charge in [0.1, 0.15) is 5.69 Å². The molecule has 0 saturated heterocycles. The highest BCUT2D eigenvalue weighted by atomic mass is 35.5. The Bertz CT molecular complexity index is 1230. The van der Waals surface area contributed by atoms with Gasteiger partial charge in [-0.1, -0.05) is 41.9 Å². The van der Waals surface area contributed by atoms with Gasteiger partial charge in [0.05, 0.1) is 21.7 Å². The summed E-state index contributed by atoms with van der Waals surface area (Å²) in [6, 6.07) is 17.2. The number of sulfonamides is 1. The molecule has 30 heavy (non-hydrogen) atoms. The van der Waals surface area contributed by atoms with E-state index < -0.39 is 20.6 Å². The highest BCUT2D eigenvalue weighted by Gasteiger charge is 2.21. The number of anilines is 2. The third-order valence-corrected chi connectivity index (χ3v) is 5.74. The summed E-state index contributed by atoms with van der Waals surface area (Å²) in [5.74, 6) is 0. The lowest BCUT2D eigenvalue weighted by Crippen LogP contribution is -2.13. The zero-order chi connectivity index (χ0) is 21.7. The number of rotatable bonds is 7. The summed E-state index contributed by atoms with van der Waals surface area (Å²) < 4.78 is 27.6. The van der Waals surface area contributed by atoms with E-state index in [0.29, 0.717) is 5.02 Å². The second kappa shape index (κ2) is 8.93. The van der Waals surface area contributed by atoms with Crippen LogP contribution in [0.4, 0.5) is 17.1 Å². The van der Waals surface area contributed by atoms with E-state index in [0.717, 1.165) is 17.2 Å². The summed E-state index contributed by atoms with van der Waals surface area (Å²) in [5.41, 5.74) is 4.32. The third kappa shape index (κ3) is 5.13. The van der Waals surface area contributed by atoms with Crippen LogP contribution in [0.25, 0.3) is 0 Å². The normalized spacial score (nSPS) is 11.4. The van der Waals surface area contributed by atoms with E-state index in [-0.39, 0.29) is 16.3 Å². The van der Waals surface area contributed by atoms with Crippen molar-refractivity contribution in [2.45, 2.75) is 11.8 Å². The molecular formula is C20H17ClN4O4S. The van der Waals surface area contributed by atoms with Crippen LogP contribution in [0, 0.1) is 17.0 Å². The lowest BCUT2D eigenvalue weighted by atomic mass is 10.1. The molecule has 3 rings (SSSR count). The Morgan fingerprint density at radius 3 is 2.53 bits per heavy atom. The van der Waals surface area contributed by atoms with Gasteiger partial charge in [0, 0.05) is 11.1 Å². The van der Waals surface area contributed by atoms with Gasteiger partial charge >= 0.3 is 0 Å². The minimum absolute atomic E-state index is 0.0616. The van der Waals surface area contributed by atoms with E-state index in [4.69, 9.17) is 11.6 Å². The molecule has 0 bridgehead atoms. The molecule has 0 aromatic heterocycles. The third-order valence-electron chi connectivity index (χ3n) is 4.13. The Morgan fingerprint density at radius 2 is 1.83 bits per heavy atom. The number of hydrazone groups is 1. The summed E-state index contributed by atoms with van der Waals surface area (Å²) in [7, 11) is -4.05. The van der Waals surface area contributed by atoms with Gasteiger partial charge in [0.2, 0.25) is 0 Å². The predicted octanol–water partition coefficient (Wildman–Crippen LogP) is 4.80. The molecule has 0 amide bonds. The van der Waals surface area contributed by atoms with Crippen LogP contribution in [0.15, 0.2) is 76.7 Å². The number of nitro groups is 1. The number of aryl methyl sites for hydroxylation is 1. The molecule has 0 atom stereocenters. The zero-order valence-electron chi connectivity index (χ0n) is 15.7. The van der Waals surface area contributed by atoms with E-state index in [1.807, 2.05) is 31.2 Å². The Kier molecular flexibility index (Phi) is 6.34. The van der Waals surface area contributed by atoms with Crippen molar-refractivity contribution in [3.63, 3.8) is 0 Å². The first-order chi connectivity index (χ1) is 14.3. The molecule has 0 heterocycles. The van der Waals surface area contributed by atoms with Gasteiger partial charge in [-0.3, -0.25) is 20.3 Å². The summed E-state index contributed by atoms with van der Waals surface area (Å²) in [5, 5.41) is 15.9. The van der Waals surface area contributed by atoms with Crippen molar-refractivity contribution >= 4 is 44.9 Å². The second-order valence-electron chi connectivity index (χ2n) is 6.28. The maximum absolute atomic E-state index is 12.6. The van der Waals surface area contributed by atoms with Crippen LogP contribution in [0.1, 0.15) is 11.1 Å². The van der Waals surface area contributed by atoms with Gasteiger partial charge < -0.3 is 0 Å². The second-order valence-corrected chi connectivity index (χ2v) is 8.40. The van der Waals surface area contributed by atoms with Crippen LogP contribution in [0.5, 0.6) is 0 Å². The number of nitrogens with zero attached hydrogens (tertiary/aromatic N) is 2. The summed E-state index contributed by atoms with van der Waals surface area (Å²) >= 11 is 5.86. The number of hydrogen-bond acceptors (Lipinski definition) is 6. The molecule has 0 aliphatic rings. The SMILES string of the molecule is Cc1ccccc1C=NNc1ccc(S(=O)(=O)Nc2cccc(Cl)c2)cc1[N+](=O)[O-]. The molecule has 2 N–H and O–H groups in total. The fraction of sp³-hybridized carbons (Fsp3) is 0.0500. The molecule has 0 radical (unpaired) electrons. The van der Waals surface area contributed by atoms with E-state index in [2.05, 4.69) is 15.2 Å². The molecule has 154 valence electrons. The average molecular weight is 445 g/mol. The van der Waals surface area contributed by atoms with Crippen LogP contribution in [0.2, 0.25) is 5.02 Å². The minimum atomic E-state index is -4.05. The quantitative estimate of drug-likeness (QED) is 0.308. The number of hydrogen-bond donors (Lipinski definition) is 2. The maximum atomic E-state index is 12.6. The summed E-state index contributed by atoms with van der Waals surface area (Å²) in [4.78, 5) is 10.5. The summed E-state index contributed by atoms with van der Waals surface area (Å²) in [6.07, 6.45) is 1.53. The van der Waals surface area contributed by atoms with E-state index in [1.54, 1.807) is 12.1 Å². The van der Waals surface area contributed by atoms with E-state index >= 15 is 0 Å². The van der Waals surface area contributed by atoms with Gasteiger partial charge in [0.15, 0.2) is 0 Å². The molecule has 0 unspecified atom stereocenters. The van der Waals surface area contributed by atoms with Gasteiger partial charge in [-0.25, -0.2) is 8.42 Å². The van der Waals surface area contributed by atoms with Crippen molar-refractivity contribution in [1.82, 2.24) is 0 Å². The van der Waals surface area contributed by atoms with Crippen molar-refractivity contribution in [3.8, 4) is 0 Å². The Labute approximate surface area is 178 Å². The Hall–Kier alpha value is -3.43. The molecule has 10 heteroatoms. The number of nitrogens with one attached hydrogen (secondary N) is 2. The standard InChI is InChI=1S/C20H17ClN4O4S/c1-14-5-2-3-6-15(14)13-22-23-19-10-9-18(12-20(19)25(26)27)30(28,29)24-17-8-4-7-16(21)11-17/h2-13,23-24H,1H3. The highest BCUT2D eigenvalue weighted by Crippen LogP contribution is 2.29. The zero-order valence-corrected chi connectivity index (χ0v) is 17.3. The molecule has 3 aromatic carbocycles. The summed E-state index contributed by atoms with van der Waals surface area (Å²) in [6.45, 7) is 1.91. The van der Waals surface area contributed by atoms with Crippen LogP contribution in [-0.2, 0) is 10.0 Å². The van der Waals surface area contributed by atoms with Gasteiger partial charge in [-0.2, -0.15) is 5.10 Å². The van der Waals surface area contributed by atoms with Crippen molar-refractivity contribution in [2.75, 3.05) is 10.1 Å². The molecule has 3 aromatic rings. The molecule has 0 aliphatic heterocycles. The van der Waals surface area contributed by atoms with Crippen LogP contribution in [0.3, 0.4) is 0 Å². The van der Waals surface area contributed by atoms with Crippen molar-refractivity contribution in [3.05, 3.63) is 93.0 Å². The fourth-order valence-electron chi connectivity index (χ4n) is 2.59.